The van der Waals surface area contributed by atoms with E-state index in [1.54, 1.807) is 0 Å². The number of urea groups is 1. The normalized spacial score (nSPS) is 35.2. The Morgan fingerprint density at radius 3 is 2.26 bits per heavy atom. The van der Waals surface area contributed by atoms with Crippen LogP contribution in [0.2, 0.25) is 0 Å². The number of carbonyl (C=O) groups excluding carboxylic acids is 1. The van der Waals surface area contributed by atoms with E-state index in [4.69, 9.17) is 5.11 Å². The molecule has 1 aliphatic carbocycles. The number of carboxylic acid groups (broad SMARTS) is 1. The average Bonchev–Trinajstić information content (AvgIpc) is 2.74. The smallest absolute Gasteiger partial charge is 0.326 e. The van der Waals surface area contributed by atoms with E-state index < -0.39 is 24.1 Å². The summed E-state index contributed by atoms with van der Waals surface area (Å²) in [6.45, 7) is 0.0537. The van der Waals surface area contributed by atoms with Gasteiger partial charge in [-0.1, -0.05) is 0 Å². The molecule has 2 aliphatic rings. The molecule has 19 heavy (non-hydrogen) atoms. The van der Waals surface area contributed by atoms with Gasteiger partial charge in [-0.25, -0.2) is 9.59 Å². The Morgan fingerprint density at radius 1 is 1.05 bits per heavy atom. The molecule has 2 fully saturated rings. The maximum Gasteiger partial charge on any atom is 0.326 e. The molecule has 1 saturated carbocycles. The van der Waals surface area contributed by atoms with Crippen molar-refractivity contribution in [1.82, 2.24) is 10.2 Å². The van der Waals surface area contributed by atoms with Gasteiger partial charge in [-0.05, 0) is 25.7 Å². The fourth-order valence-electron chi connectivity index (χ4n) is 2.75. The van der Waals surface area contributed by atoms with Crippen LogP contribution in [0.3, 0.4) is 0 Å². The molecule has 0 radical (unpaired) electrons. The molecule has 1 heterocycles. The highest BCUT2D eigenvalue weighted by atomic mass is 16.4. The van der Waals surface area contributed by atoms with E-state index in [-0.39, 0.29) is 25.1 Å². The number of likely N-dealkylation sites (tertiary alicyclic amines) is 1. The van der Waals surface area contributed by atoms with Crippen LogP contribution in [0.4, 0.5) is 4.79 Å². The summed E-state index contributed by atoms with van der Waals surface area (Å²) in [6.07, 6.45) is 1.69. The molecule has 0 spiro atoms. The first-order chi connectivity index (χ1) is 8.97. The number of hydrogen-bond acceptors (Lipinski definition) is 4. The van der Waals surface area contributed by atoms with Gasteiger partial charge in [0, 0.05) is 19.0 Å². The van der Waals surface area contributed by atoms with Gasteiger partial charge in [0.1, 0.15) is 6.04 Å². The fourth-order valence-corrected chi connectivity index (χ4v) is 2.75. The zero-order chi connectivity index (χ0) is 14.0. The van der Waals surface area contributed by atoms with Crippen molar-refractivity contribution in [3.8, 4) is 0 Å². The van der Waals surface area contributed by atoms with Gasteiger partial charge in [0.15, 0.2) is 0 Å². The maximum atomic E-state index is 12.0. The third kappa shape index (κ3) is 3.36. The van der Waals surface area contributed by atoms with Crippen molar-refractivity contribution in [2.45, 2.75) is 56.4 Å². The predicted octanol–water partition coefficient (Wildman–Crippen LogP) is -0.481. The molecule has 2 rings (SSSR count). The first kappa shape index (κ1) is 14.1. The zero-order valence-electron chi connectivity index (χ0n) is 10.7. The minimum atomic E-state index is -1.09. The molecule has 2 amide bonds. The molecular formula is C12H20N2O5. The van der Waals surface area contributed by atoms with E-state index in [2.05, 4.69) is 5.32 Å². The van der Waals surface area contributed by atoms with Crippen LogP contribution in [0.5, 0.6) is 0 Å². The molecule has 0 unspecified atom stereocenters. The van der Waals surface area contributed by atoms with Gasteiger partial charge in [0.05, 0.1) is 12.2 Å². The molecule has 2 atom stereocenters. The molecule has 0 aromatic heterocycles. The SMILES string of the molecule is O=C(O)[C@H]1C[C@@H](O)CN1C(=O)NC1CCC(O)CC1. The average molecular weight is 272 g/mol. The first-order valence-electron chi connectivity index (χ1n) is 6.63. The van der Waals surface area contributed by atoms with Crippen molar-refractivity contribution in [3.63, 3.8) is 0 Å². The number of carbonyl (C=O) groups is 2. The van der Waals surface area contributed by atoms with Gasteiger partial charge in [0.25, 0.3) is 0 Å². The molecule has 7 nitrogen and oxygen atoms in total. The molecular weight excluding hydrogens is 252 g/mol. The first-order valence-corrected chi connectivity index (χ1v) is 6.63. The summed E-state index contributed by atoms with van der Waals surface area (Å²) < 4.78 is 0. The van der Waals surface area contributed by atoms with E-state index in [1.165, 1.54) is 4.90 Å². The van der Waals surface area contributed by atoms with Gasteiger partial charge in [0.2, 0.25) is 0 Å². The largest absolute Gasteiger partial charge is 0.480 e. The zero-order valence-corrected chi connectivity index (χ0v) is 10.7. The topological polar surface area (TPSA) is 110 Å². The lowest BCUT2D eigenvalue weighted by atomic mass is 9.93. The number of aliphatic carboxylic acids is 1. The highest BCUT2D eigenvalue weighted by Crippen LogP contribution is 2.21. The summed E-state index contributed by atoms with van der Waals surface area (Å²) in [5.74, 6) is -1.09. The summed E-state index contributed by atoms with van der Waals surface area (Å²) in [7, 11) is 0. The number of rotatable bonds is 2. The van der Waals surface area contributed by atoms with E-state index in [0.717, 1.165) is 0 Å². The molecule has 0 bridgehead atoms. The van der Waals surface area contributed by atoms with Crippen molar-refractivity contribution >= 4 is 12.0 Å². The number of aliphatic hydroxyl groups is 2. The predicted molar refractivity (Wildman–Crippen MR) is 65.5 cm³/mol. The van der Waals surface area contributed by atoms with Crippen LogP contribution in [-0.4, -0.2) is 63.1 Å². The Labute approximate surface area is 111 Å². The van der Waals surface area contributed by atoms with Gasteiger partial charge >= 0.3 is 12.0 Å². The number of nitrogens with zero attached hydrogens (tertiary/aromatic N) is 1. The Kier molecular flexibility index (Phi) is 4.26. The molecule has 7 heteroatoms. The van der Waals surface area contributed by atoms with Gasteiger partial charge in [-0.3, -0.25) is 0 Å². The standard InChI is InChI=1S/C12H20N2O5/c15-8-3-1-7(2-4-8)13-12(19)14-6-9(16)5-10(14)11(17)18/h7-10,15-16H,1-6H2,(H,13,19)(H,17,18)/t7?,8?,9-,10-/m1/s1. The summed E-state index contributed by atoms with van der Waals surface area (Å²) in [5, 5.41) is 30.7. The summed E-state index contributed by atoms with van der Waals surface area (Å²) in [6, 6.07) is -1.42. The third-order valence-corrected chi connectivity index (χ3v) is 3.85. The van der Waals surface area contributed by atoms with Gasteiger partial charge < -0.3 is 25.5 Å². The van der Waals surface area contributed by atoms with Crippen LogP contribution in [0.1, 0.15) is 32.1 Å². The minimum Gasteiger partial charge on any atom is -0.480 e. The Balaban J connectivity index is 1.90. The number of nitrogens with one attached hydrogen (secondary N) is 1. The highest BCUT2D eigenvalue weighted by molar-refractivity contribution is 5.83. The lowest BCUT2D eigenvalue weighted by Gasteiger charge is -2.29. The van der Waals surface area contributed by atoms with Gasteiger partial charge in [-0.15, -0.1) is 0 Å². The molecule has 108 valence electrons. The number of amides is 2. The molecule has 0 aromatic rings. The van der Waals surface area contributed by atoms with Crippen molar-refractivity contribution < 1.29 is 24.9 Å². The van der Waals surface area contributed by atoms with Crippen LogP contribution >= 0.6 is 0 Å². The summed E-state index contributed by atoms with van der Waals surface area (Å²) in [4.78, 5) is 24.2. The van der Waals surface area contributed by atoms with E-state index >= 15 is 0 Å². The number of β-amino-alcohol motifs (C(OH)–C–C–N with tert-alkyl or cyclic N) is 1. The fraction of sp³-hybridized carbons (Fsp3) is 0.833. The van der Waals surface area contributed by atoms with Crippen LogP contribution < -0.4 is 5.32 Å². The van der Waals surface area contributed by atoms with Crippen molar-refractivity contribution in [1.29, 1.82) is 0 Å². The second-order valence-corrected chi connectivity index (χ2v) is 5.35. The third-order valence-electron chi connectivity index (χ3n) is 3.85. The number of aliphatic hydroxyl groups excluding tert-OH is 2. The Hall–Kier alpha value is -1.34. The second-order valence-electron chi connectivity index (χ2n) is 5.35. The van der Waals surface area contributed by atoms with Crippen LogP contribution in [0, 0.1) is 0 Å². The quantitative estimate of drug-likeness (QED) is 0.542. The van der Waals surface area contributed by atoms with Crippen molar-refractivity contribution in [2.24, 2.45) is 0 Å². The van der Waals surface area contributed by atoms with Gasteiger partial charge in [-0.2, -0.15) is 0 Å². The van der Waals surface area contributed by atoms with E-state index in [9.17, 15) is 19.8 Å². The van der Waals surface area contributed by atoms with Crippen molar-refractivity contribution in [2.75, 3.05) is 6.54 Å². The summed E-state index contributed by atoms with van der Waals surface area (Å²) >= 11 is 0. The Morgan fingerprint density at radius 2 is 1.68 bits per heavy atom. The molecule has 0 aromatic carbocycles. The number of carboxylic acids is 1. The minimum absolute atomic E-state index is 0.0249. The van der Waals surface area contributed by atoms with E-state index in [0.29, 0.717) is 25.7 Å². The van der Waals surface area contributed by atoms with Crippen LogP contribution in [0.25, 0.3) is 0 Å². The lowest BCUT2D eigenvalue weighted by molar-refractivity contribution is -0.141. The maximum absolute atomic E-state index is 12.0. The number of hydrogen-bond donors (Lipinski definition) is 4. The van der Waals surface area contributed by atoms with E-state index in [1.807, 2.05) is 0 Å². The van der Waals surface area contributed by atoms with Crippen LogP contribution in [0.15, 0.2) is 0 Å². The lowest BCUT2D eigenvalue weighted by Crippen LogP contribution is -2.50. The second kappa shape index (κ2) is 5.75. The Bertz CT molecular complexity index is 354. The molecule has 1 aliphatic heterocycles. The summed E-state index contributed by atoms with van der Waals surface area (Å²) in [5.41, 5.74) is 0. The van der Waals surface area contributed by atoms with Crippen LogP contribution in [-0.2, 0) is 4.79 Å². The molecule has 4 N–H and O–H groups in total. The highest BCUT2D eigenvalue weighted by Gasteiger charge is 2.39. The molecule has 1 saturated heterocycles. The van der Waals surface area contributed by atoms with Crippen molar-refractivity contribution in [3.05, 3.63) is 0 Å². The monoisotopic (exact) mass is 272 g/mol.